The molecule has 3 nitrogen and oxygen atoms in total. The molecule has 29 heavy (non-hydrogen) atoms. The predicted molar refractivity (Wildman–Crippen MR) is 119 cm³/mol. The van der Waals surface area contributed by atoms with Gasteiger partial charge in [-0.1, -0.05) is 72.6 Å². The van der Waals surface area contributed by atoms with Gasteiger partial charge in [-0.25, -0.2) is 0 Å². The number of fused-ring (bicyclic) bond motifs is 1. The SMILES string of the molecule is CC(C)CCC[C@@H](C)[C@H]1CC[C@H]2C(CCCCN3C(=O)C=CC3=O)CCC[C@]12C. The summed E-state index contributed by atoms with van der Waals surface area (Å²) in [5, 5.41) is 0. The van der Waals surface area contributed by atoms with Crippen molar-refractivity contribution in [1.82, 2.24) is 4.90 Å². The Bertz CT molecular complexity index is 592. The number of imide groups is 1. The summed E-state index contributed by atoms with van der Waals surface area (Å²) in [6.07, 6.45) is 17.4. The smallest absolute Gasteiger partial charge is 0.253 e. The quantitative estimate of drug-likeness (QED) is 0.315. The Morgan fingerprint density at radius 3 is 2.41 bits per heavy atom. The molecule has 164 valence electrons. The summed E-state index contributed by atoms with van der Waals surface area (Å²) < 4.78 is 0. The molecule has 2 amide bonds. The van der Waals surface area contributed by atoms with Gasteiger partial charge in [0.05, 0.1) is 0 Å². The normalized spacial score (nSPS) is 33.0. The van der Waals surface area contributed by atoms with E-state index in [1.54, 1.807) is 0 Å². The number of carbonyl (C=O) groups is 2. The Kier molecular flexibility index (Phi) is 7.62. The lowest BCUT2D eigenvalue weighted by Crippen LogP contribution is -2.39. The van der Waals surface area contributed by atoms with Crippen molar-refractivity contribution >= 4 is 11.8 Å². The van der Waals surface area contributed by atoms with Crippen molar-refractivity contribution in [3.05, 3.63) is 12.2 Å². The van der Waals surface area contributed by atoms with E-state index in [-0.39, 0.29) is 11.8 Å². The minimum Gasteiger partial charge on any atom is -0.275 e. The highest BCUT2D eigenvalue weighted by Crippen LogP contribution is 2.60. The lowest BCUT2D eigenvalue weighted by atomic mass is 9.58. The van der Waals surface area contributed by atoms with Crippen molar-refractivity contribution in [1.29, 1.82) is 0 Å². The maximum absolute atomic E-state index is 11.7. The van der Waals surface area contributed by atoms with Crippen LogP contribution in [0.25, 0.3) is 0 Å². The summed E-state index contributed by atoms with van der Waals surface area (Å²) in [7, 11) is 0. The van der Waals surface area contributed by atoms with Crippen molar-refractivity contribution in [2.45, 2.75) is 98.3 Å². The summed E-state index contributed by atoms with van der Waals surface area (Å²) in [5.74, 6) is 4.08. The van der Waals surface area contributed by atoms with Crippen molar-refractivity contribution in [2.75, 3.05) is 6.54 Å². The second kappa shape index (κ2) is 9.79. The zero-order chi connectivity index (χ0) is 21.0. The Hall–Kier alpha value is -1.12. The average Bonchev–Trinajstić information content (AvgIpc) is 3.18. The molecule has 1 aliphatic heterocycles. The van der Waals surface area contributed by atoms with Crippen LogP contribution in [0.2, 0.25) is 0 Å². The van der Waals surface area contributed by atoms with Crippen molar-refractivity contribution < 1.29 is 9.59 Å². The van der Waals surface area contributed by atoms with Crippen molar-refractivity contribution in [2.24, 2.45) is 35.0 Å². The van der Waals surface area contributed by atoms with E-state index in [1.807, 2.05) is 0 Å². The number of hydrogen-bond donors (Lipinski definition) is 0. The topological polar surface area (TPSA) is 37.4 Å². The first kappa shape index (κ1) is 22.6. The van der Waals surface area contributed by atoms with Gasteiger partial charge >= 0.3 is 0 Å². The zero-order valence-corrected chi connectivity index (χ0v) is 19.3. The van der Waals surface area contributed by atoms with Crippen LogP contribution in [-0.2, 0) is 9.59 Å². The van der Waals surface area contributed by atoms with Crippen LogP contribution < -0.4 is 0 Å². The van der Waals surface area contributed by atoms with E-state index in [9.17, 15) is 9.59 Å². The van der Waals surface area contributed by atoms with Gasteiger partial charge in [0.2, 0.25) is 0 Å². The molecular weight excluding hydrogens is 358 g/mol. The fourth-order valence-corrected chi connectivity index (χ4v) is 7.04. The predicted octanol–water partition coefficient (Wildman–Crippen LogP) is 6.38. The minimum atomic E-state index is -0.134. The fourth-order valence-electron chi connectivity index (χ4n) is 7.04. The van der Waals surface area contributed by atoms with Crippen LogP contribution in [0.1, 0.15) is 98.3 Å². The van der Waals surface area contributed by atoms with Crippen LogP contribution in [0, 0.1) is 35.0 Å². The van der Waals surface area contributed by atoms with Gasteiger partial charge in [-0.2, -0.15) is 0 Å². The molecule has 0 N–H and O–H groups in total. The molecule has 0 aromatic carbocycles. The average molecular weight is 402 g/mol. The molecule has 2 saturated carbocycles. The highest BCUT2D eigenvalue weighted by molar-refractivity contribution is 6.12. The number of unbranched alkanes of at least 4 members (excludes halogenated alkanes) is 1. The standard InChI is InChI=1S/C26H43NO2/c1-19(2)9-7-10-20(3)22-13-14-23-21(12-8-17-26(22,23)4)11-5-6-18-27-24(28)15-16-25(27)29/h15-16,19-23H,5-14,17-18H2,1-4H3/t20-,21?,22-,23+,26-/m1/s1. The van der Waals surface area contributed by atoms with Crippen LogP contribution in [0.5, 0.6) is 0 Å². The largest absolute Gasteiger partial charge is 0.275 e. The minimum absolute atomic E-state index is 0.134. The Morgan fingerprint density at radius 1 is 1.00 bits per heavy atom. The highest BCUT2D eigenvalue weighted by Gasteiger charge is 2.51. The van der Waals surface area contributed by atoms with Gasteiger partial charge < -0.3 is 0 Å². The van der Waals surface area contributed by atoms with Gasteiger partial charge in [0.25, 0.3) is 11.8 Å². The van der Waals surface area contributed by atoms with E-state index in [4.69, 9.17) is 0 Å². The van der Waals surface area contributed by atoms with E-state index in [2.05, 4.69) is 27.7 Å². The molecule has 5 atom stereocenters. The molecule has 3 heteroatoms. The molecule has 1 unspecified atom stereocenters. The molecule has 2 fully saturated rings. The molecule has 3 rings (SSSR count). The molecule has 0 aromatic rings. The molecule has 2 aliphatic carbocycles. The summed E-state index contributed by atoms with van der Waals surface area (Å²) >= 11 is 0. The second-order valence-electron chi connectivity index (χ2n) is 10.9. The van der Waals surface area contributed by atoms with Gasteiger partial charge in [0.15, 0.2) is 0 Å². The highest BCUT2D eigenvalue weighted by atomic mass is 16.2. The summed E-state index contributed by atoms with van der Waals surface area (Å²) in [6.45, 7) is 10.4. The first-order chi connectivity index (χ1) is 13.8. The summed E-state index contributed by atoms with van der Waals surface area (Å²) in [4.78, 5) is 24.8. The maximum Gasteiger partial charge on any atom is 0.253 e. The molecule has 0 saturated heterocycles. The number of hydrogen-bond acceptors (Lipinski definition) is 2. The van der Waals surface area contributed by atoms with E-state index in [0.29, 0.717) is 12.0 Å². The second-order valence-corrected chi connectivity index (χ2v) is 10.9. The number of amides is 2. The Morgan fingerprint density at radius 2 is 1.72 bits per heavy atom. The molecule has 0 aromatic heterocycles. The summed E-state index contributed by atoms with van der Waals surface area (Å²) in [5.41, 5.74) is 0.547. The number of nitrogens with zero attached hydrogens (tertiary/aromatic N) is 1. The Labute approximate surface area is 178 Å². The van der Waals surface area contributed by atoms with Crippen molar-refractivity contribution in [3.63, 3.8) is 0 Å². The van der Waals surface area contributed by atoms with Crippen LogP contribution in [0.3, 0.4) is 0 Å². The third kappa shape index (κ3) is 5.14. The molecule has 0 spiro atoms. The van der Waals surface area contributed by atoms with Crippen LogP contribution in [0.4, 0.5) is 0 Å². The first-order valence-electron chi connectivity index (χ1n) is 12.4. The number of carbonyl (C=O) groups excluding carboxylic acids is 2. The van der Waals surface area contributed by atoms with Gasteiger partial charge in [0.1, 0.15) is 0 Å². The van der Waals surface area contributed by atoms with Gasteiger partial charge in [-0.15, -0.1) is 0 Å². The van der Waals surface area contributed by atoms with Gasteiger partial charge in [-0.05, 0) is 60.7 Å². The third-order valence-electron chi connectivity index (χ3n) is 8.58. The van der Waals surface area contributed by atoms with Gasteiger partial charge in [0, 0.05) is 18.7 Å². The third-order valence-corrected chi connectivity index (χ3v) is 8.58. The molecule has 0 radical (unpaired) electrons. The lowest BCUT2D eigenvalue weighted by molar-refractivity contribution is -0.136. The van der Waals surface area contributed by atoms with Crippen LogP contribution >= 0.6 is 0 Å². The first-order valence-corrected chi connectivity index (χ1v) is 12.4. The molecule has 3 aliphatic rings. The van der Waals surface area contributed by atoms with Crippen molar-refractivity contribution in [3.8, 4) is 0 Å². The lowest BCUT2D eigenvalue weighted by Gasteiger charge is -2.47. The number of rotatable bonds is 10. The summed E-state index contributed by atoms with van der Waals surface area (Å²) in [6, 6.07) is 0. The van der Waals surface area contributed by atoms with E-state index < -0.39 is 0 Å². The maximum atomic E-state index is 11.7. The molecular formula is C26H43NO2. The van der Waals surface area contributed by atoms with E-state index in [0.717, 1.165) is 42.4 Å². The van der Waals surface area contributed by atoms with Gasteiger partial charge in [-0.3, -0.25) is 14.5 Å². The van der Waals surface area contributed by atoms with E-state index >= 15 is 0 Å². The monoisotopic (exact) mass is 401 g/mol. The van der Waals surface area contributed by atoms with E-state index in [1.165, 1.54) is 74.8 Å². The zero-order valence-electron chi connectivity index (χ0n) is 19.3. The molecule has 1 heterocycles. The molecule has 0 bridgehead atoms. The van der Waals surface area contributed by atoms with Crippen LogP contribution in [0.15, 0.2) is 12.2 Å². The fraction of sp³-hybridized carbons (Fsp3) is 0.846. The Balaban J connectivity index is 1.47. The van der Waals surface area contributed by atoms with Crippen LogP contribution in [-0.4, -0.2) is 23.3 Å².